The fraction of sp³-hybridized carbons (Fsp3) is 0.594. The van der Waals surface area contributed by atoms with Crippen molar-refractivity contribution in [3.05, 3.63) is 61.2 Å². The normalized spacial score (nSPS) is 28.0. The Morgan fingerprint density at radius 2 is 1.80 bits per heavy atom. The van der Waals surface area contributed by atoms with Crippen molar-refractivity contribution in [2.45, 2.75) is 74.6 Å². The van der Waals surface area contributed by atoms with E-state index in [2.05, 4.69) is 36.0 Å². The van der Waals surface area contributed by atoms with Crippen molar-refractivity contribution >= 4 is 33.7 Å². The van der Waals surface area contributed by atoms with Crippen molar-refractivity contribution in [2.24, 2.45) is 11.8 Å². The van der Waals surface area contributed by atoms with Crippen LogP contribution in [0.3, 0.4) is 0 Å². The molecule has 0 radical (unpaired) electrons. The molecule has 6 atom stereocenters. The minimum atomic E-state index is -1.09. The van der Waals surface area contributed by atoms with E-state index in [0.717, 1.165) is 24.8 Å². The highest BCUT2D eigenvalue weighted by Gasteiger charge is 2.76. The third-order valence-corrected chi connectivity index (χ3v) is 9.53. The van der Waals surface area contributed by atoms with Gasteiger partial charge in [0.05, 0.1) is 17.9 Å². The molecule has 41 heavy (non-hydrogen) atoms. The summed E-state index contributed by atoms with van der Waals surface area (Å²) in [6.45, 7) is 11.9. The number of aliphatic hydroxyl groups is 1. The molecule has 0 aliphatic carbocycles. The maximum absolute atomic E-state index is 14.3. The average Bonchev–Trinajstić information content (AvgIpc) is 3.56. The van der Waals surface area contributed by atoms with Crippen LogP contribution in [0.4, 0.5) is 0 Å². The maximum Gasteiger partial charge on any atom is 0.248 e. The van der Waals surface area contributed by atoms with Gasteiger partial charge >= 0.3 is 0 Å². The second-order valence-electron chi connectivity index (χ2n) is 11.4. The van der Waals surface area contributed by atoms with Gasteiger partial charge in [0.1, 0.15) is 11.6 Å². The predicted octanol–water partition coefficient (Wildman–Crippen LogP) is 3.93. The number of carbonyl (C=O) groups is 3. The number of alkyl halides is 1. The first-order valence-electron chi connectivity index (χ1n) is 14.9. The van der Waals surface area contributed by atoms with Crippen molar-refractivity contribution in [3.63, 3.8) is 0 Å². The largest absolute Gasteiger partial charge is 0.396 e. The van der Waals surface area contributed by atoms with Gasteiger partial charge in [0.25, 0.3) is 0 Å². The number of halogens is 1. The molecule has 4 rings (SSSR count). The molecule has 1 N–H and O–H groups in total. The van der Waals surface area contributed by atoms with Crippen LogP contribution in [0.15, 0.2) is 55.6 Å². The summed E-state index contributed by atoms with van der Waals surface area (Å²) in [5.74, 6) is -1.97. The molecule has 1 aromatic rings. The third-order valence-electron chi connectivity index (χ3n) is 8.69. The lowest BCUT2D eigenvalue weighted by Crippen LogP contribution is -2.57. The minimum absolute atomic E-state index is 0.00792. The van der Waals surface area contributed by atoms with Crippen LogP contribution in [0.2, 0.25) is 0 Å². The minimum Gasteiger partial charge on any atom is -0.396 e. The van der Waals surface area contributed by atoms with Crippen molar-refractivity contribution in [3.8, 4) is 0 Å². The van der Waals surface area contributed by atoms with E-state index in [4.69, 9.17) is 4.74 Å². The van der Waals surface area contributed by atoms with E-state index in [1.54, 1.807) is 26.9 Å². The maximum atomic E-state index is 14.3. The van der Waals surface area contributed by atoms with Gasteiger partial charge in [0, 0.05) is 44.2 Å². The number of hydrogen-bond donors (Lipinski definition) is 1. The lowest BCUT2D eigenvalue weighted by Gasteiger charge is -2.37. The molecule has 3 heterocycles. The molecule has 3 amide bonds. The van der Waals surface area contributed by atoms with Crippen LogP contribution in [0, 0.1) is 11.8 Å². The summed E-state index contributed by atoms with van der Waals surface area (Å²) in [5, 5.41) is 9.43. The summed E-state index contributed by atoms with van der Waals surface area (Å²) in [6.07, 6.45) is 7.34. The number of nitrogens with zero attached hydrogens (tertiary/aromatic N) is 3. The first-order valence-corrected chi connectivity index (χ1v) is 15.8. The van der Waals surface area contributed by atoms with Crippen LogP contribution in [-0.4, -0.2) is 92.9 Å². The molecule has 9 heteroatoms. The van der Waals surface area contributed by atoms with Crippen molar-refractivity contribution in [2.75, 3.05) is 32.8 Å². The molecule has 3 unspecified atom stereocenters. The van der Waals surface area contributed by atoms with Gasteiger partial charge in [-0.15, -0.1) is 13.2 Å². The number of ether oxygens (including phenoxy) is 1. The Morgan fingerprint density at radius 3 is 2.46 bits per heavy atom. The van der Waals surface area contributed by atoms with E-state index in [1.807, 2.05) is 30.3 Å². The Kier molecular flexibility index (Phi) is 10.8. The quantitative estimate of drug-likeness (QED) is 0.170. The van der Waals surface area contributed by atoms with Gasteiger partial charge < -0.3 is 24.5 Å². The first kappa shape index (κ1) is 31.4. The zero-order valence-corrected chi connectivity index (χ0v) is 25.7. The molecule has 3 fully saturated rings. The summed E-state index contributed by atoms with van der Waals surface area (Å²) < 4.78 is 6.70. The van der Waals surface area contributed by atoms with E-state index in [1.165, 1.54) is 0 Å². The van der Waals surface area contributed by atoms with Gasteiger partial charge in [-0.3, -0.25) is 14.4 Å². The van der Waals surface area contributed by atoms with Crippen LogP contribution in [0.5, 0.6) is 0 Å². The van der Waals surface area contributed by atoms with Crippen LogP contribution < -0.4 is 0 Å². The molecule has 3 saturated heterocycles. The number of carbonyl (C=O) groups excluding carboxylic acids is 3. The Balaban J connectivity index is 1.70. The van der Waals surface area contributed by atoms with E-state index < -0.39 is 29.6 Å². The summed E-state index contributed by atoms with van der Waals surface area (Å²) >= 11 is 3.77. The second kappa shape index (κ2) is 14.1. The highest BCUT2D eigenvalue weighted by Crippen LogP contribution is 2.60. The lowest BCUT2D eigenvalue weighted by molar-refractivity contribution is -0.148. The second-order valence-corrected chi connectivity index (χ2v) is 12.6. The lowest BCUT2D eigenvalue weighted by atomic mass is 9.70. The summed E-state index contributed by atoms with van der Waals surface area (Å²) in [7, 11) is 0. The highest BCUT2D eigenvalue weighted by atomic mass is 79.9. The zero-order chi connectivity index (χ0) is 29.6. The van der Waals surface area contributed by atoms with Gasteiger partial charge in [-0.05, 0) is 31.2 Å². The fourth-order valence-electron chi connectivity index (χ4n) is 6.90. The molecule has 0 aromatic heterocycles. The van der Waals surface area contributed by atoms with Crippen molar-refractivity contribution in [1.82, 2.24) is 14.7 Å². The van der Waals surface area contributed by atoms with E-state index in [9.17, 15) is 19.5 Å². The Hall–Kier alpha value is -2.49. The smallest absolute Gasteiger partial charge is 0.248 e. The molecule has 3 aliphatic rings. The number of rotatable bonds is 16. The molecular weight excluding hydrogens is 586 g/mol. The monoisotopic (exact) mass is 629 g/mol. The van der Waals surface area contributed by atoms with Gasteiger partial charge in [0.15, 0.2) is 0 Å². The van der Waals surface area contributed by atoms with Gasteiger partial charge in [0.2, 0.25) is 17.7 Å². The summed E-state index contributed by atoms with van der Waals surface area (Å²) in [5.41, 5.74) is -0.107. The Labute approximate surface area is 252 Å². The summed E-state index contributed by atoms with van der Waals surface area (Å²) in [6, 6.07) is 8.93. The average molecular weight is 631 g/mol. The van der Waals surface area contributed by atoms with Crippen molar-refractivity contribution in [1.29, 1.82) is 0 Å². The SMILES string of the molecule is C=CCN(CCCCC)C(=O)C1N(CCCCO)C(=O)[C@@H]2[C@H](C(=O)N(CC=C)Cc3ccccc3)[C@H]3OC12CC3Br. The number of unbranched alkanes of at least 4 members (excludes halogenated alkanes) is 3. The molecule has 3 aliphatic heterocycles. The highest BCUT2D eigenvalue weighted by molar-refractivity contribution is 9.09. The zero-order valence-electron chi connectivity index (χ0n) is 24.1. The number of amides is 3. The molecule has 1 spiro atoms. The number of benzene rings is 1. The van der Waals surface area contributed by atoms with Crippen LogP contribution in [0.1, 0.15) is 51.0 Å². The van der Waals surface area contributed by atoms with Crippen LogP contribution >= 0.6 is 15.9 Å². The predicted molar refractivity (Wildman–Crippen MR) is 162 cm³/mol. The first-order chi connectivity index (χ1) is 19.8. The standard InChI is InChI=1S/C32H44BrN3O5/c1-4-7-11-18-34(16-5-2)31(40)28-32-21-24(33)27(41-32)25(26(32)30(39)36(28)19-12-13-20-37)29(38)35(17-6-3)22-23-14-9-8-10-15-23/h5-6,8-10,14-15,24-28,37H,2-4,7,11-13,16-22H2,1H3/t24?,25-,26-,27-,28?,32?/m0/s1. The van der Waals surface area contributed by atoms with Crippen LogP contribution in [0.25, 0.3) is 0 Å². The number of likely N-dealkylation sites (tertiary alicyclic amines) is 1. The molecule has 224 valence electrons. The van der Waals surface area contributed by atoms with Gasteiger partial charge in [-0.2, -0.15) is 0 Å². The van der Waals surface area contributed by atoms with E-state index in [0.29, 0.717) is 52.0 Å². The van der Waals surface area contributed by atoms with Crippen LogP contribution in [-0.2, 0) is 25.7 Å². The number of hydrogen-bond acceptors (Lipinski definition) is 5. The Morgan fingerprint density at radius 1 is 1.10 bits per heavy atom. The number of fused-ring (bicyclic) bond motifs is 1. The molecular formula is C32H44BrN3O5. The van der Waals surface area contributed by atoms with E-state index >= 15 is 0 Å². The fourth-order valence-corrected chi connectivity index (χ4v) is 7.84. The molecule has 2 bridgehead atoms. The molecule has 0 saturated carbocycles. The molecule has 1 aromatic carbocycles. The van der Waals surface area contributed by atoms with Crippen molar-refractivity contribution < 1.29 is 24.2 Å². The Bertz CT molecular complexity index is 1100. The van der Waals surface area contributed by atoms with E-state index in [-0.39, 0.29) is 29.2 Å². The molecule has 8 nitrogen and oxygen atoms in total. The summed E-state index contributed by atoms with van der Waals surface area (Å²) in [4.78, 5) is 47.9. The van der Waals surface area contributed by atoms with Gasteiger partial charge in [-0.1, -0.05) is 78.2 Å². The van der Waals surface area contributed by atoms with Gasteiger partial charge in [-0.25, -0.2) is 0 Å². The topological polar surface area (TPSA) is 90.4 Å². The number of aliphatic hydroxyl groups excluding tert-OH is 1. The third kappa shape index (κ3) is 6.18.